The fourth-order valence-electron chi connectivity index (χ4n) is 5.58. The van der Waals surface area contributed by atoms with Crippen LogP contribution in [0.1, 0.15) is 12.0 Å². The number of imide groups is 1. The van der Waals surface area contributed by atoms with Crippen LogP contribution in [0.25, 0.3) is 6.08 Å². The smallest absolute Gasteiger partial charge is 0.236 e. The Morgan fingerprint density at radius 2 is 1.58 bits per heavy atom. The van der Waals surface area contributed by atoms with Gasteiger partial charge in [-0.25, -0.2) is 8.42 Å². The van der Waals surface area contributed by atoms with Crippen molar-refractivity contribution in [3.05, 3.63) is 53.5 Å². The molecule has 2 heterocycles. The van der Waals surface area contributed by atoms with E-state index in [1.54, 1.807) is 6.08 Å². The average molecular weight is 443 g/mol. The van der Waals surface area contributed by atoms with Gasteiger partial charge in [-0.15, -0.1) is 0 Å². The molecule has 0 radical (unpaired) electrons. The number of hydrogen-bond donors (Lipinski definition) is 1. The summed E-state index contributed by atoms with van der Waals surface area (Å²) in [7, 11) is -3.45. The number of nitrogens with zero attached hydrogens (tertiary/aromatic N) is 2. The average Bonchev–Trinajstić information content (AvgIpc) is 3.46. The standard InChI is InChI=1S/C23H27N3O4S/c27-22-20-18-6-7-19(16-18)21(20)23(28)26(22)14-11-24-9-12-25(13-10-24)31(29,30)15-8-17-4-2-1-3-5-17/h1-8,15,18-21H,9-14,16H2/p+1/b15-8+/t18-,19+,20-,21+. The molecule has 2 aliphatic heterocycles. The van der Waals surface area contributed by atoms with Crippen LogP contribution in [0.2, 0.25) is 0 Å². The van der Waals surface area contributed by atoms with Crippen molar-refractivity contribution in [2.45, 2.75) is 6.42 Å². The van der Waals surface area contributed by atoms with Gasteiger partial charge >= 0.3 is 0 Å². The second kappa shape index (κ2) is 8.00. The Kier molecular flexibility index (Phi) is 5.32. The summed E-state index contributed by atoms with van der Waals surface area (Å²) in [6.07, 6.45) is 6.79. The van der Waals surface area contributed by atoms with E-state index < -0.39 is 10.0 Å². The summed E-state index contributed by atoms with van der Waals surface area (Å²) in [5, 5.41) is 1.27. The van der Waals surface area contributed by atoms with Gasteiger partial charge in [-0.05, 0) is 29.9 Å². The molecule has 0 spiro atoms. The molecule has 1 saturated carbocycles. The highest BCUT2D eigenvalue weighted by Crippen LogP contribution is 2.52. The minimum atomic E-state index is -3.45. The van der Waals surface area contributed by atoms with Gasteiger partial charge in [-0.3, -0.25) is 14.5 Å². The number of nitrogens with one attached hydrogen (secondary N) is 1. The third-order valence-electron chi connectivity index (χ3n) is 7.27. The van der Waals surface area contributed by atoms with Crippen molar-refractivity contribution in [1.29, 1.82) is 0 Å². The van der Waals surface area contributed by atoms with Crippen molar-refractivity contribution in [1.82, 2.24) is 9.21 Å². The lowest BCUT2D eigenvalue weighted by atomic mass is 9.85. The van der Waals surface area contributed by atoms with Crippen molar-refractivity contribution in [3.8, 4) is 0 Å². The van der Waals surface area contributed by atoms with E-state index in [9.17, 15) is 18.0 Å². The monoisotopic (exact) mass is 442 g/mol. The molecule has 31 heavy (non-hydrogen) atoms. The first-order valence-corrected chi connectivity index (χ1v) is 12.5. The Morgan fingerprint density at radius 1 is 0.968 bits per heavy atom. The number of fused-ring (bicyclic) bond motifs is 5. The number of rotatable bonds is 6. The van der Waals surface area contributed by atoms with Crippen LogP contribution in [0.4, 0.5) is 0 Å². The summed E-state index contributed by atoms with van der Waals surface area (Å²) in [6.45, 7) is 3.34. The van der Waals surface area contributed by atoms with E-state index in [4.69, 9.17) is 0 Å². The van der Waals surface area contributed by atoms with Gasteiger partial charge in [0.1, 0.15) is 0 Å². The minimum absolute atomic E-state index is 0.00138. The molecule has 8 heteroatoms. The highest BCUT2D eigenvalue weighted by atomic mass is 32.2. The zero-order valence-electron chi connectivity index (χ0n) is 17.4. The van der Waals surface area contributed by atoms with Crippen LogP contribution in [0.15, 0.2) is 47.9 Å². The van der Waals surface area contributed by atoms with Gasteiger partial charge in [0.15, 0.2) is 0 Å². The lowest BCUT2D eigenvalue weighted by Crippen LogP contribution is -3.15. The van der Waals surface area contributed by atoms with Gasteiger partial charge in [0.05, 0.1) is 51.1 Å². The molecule has 2 amide bonds. The van der Waals surface area contributed by atoms with Gasteiger partial charge < -0.3 is 4.90 Å². The van der Waals surface area contributed by atoms with E-state index in [-0.39, 0.29) is 35.5 Å². The van der Waals surface area contributed by atoms with Gasteiger partial charge in [0.2, 0.25) is 21.8 Å². The van der Waals surface area contributed by atoms with E-state index in [1.165, 1.54) is 19.5 Å². The van der Waals surface area contributed by atoms with Crippen molar-refractivity contribution in [2.75, 3.05) is 39.3 Å². The van der Waals surface area contributed by atoms with E-state index in [0.717, 1.165) is 12.0 Å². The summed E-state index contributed by atoms with van der Waals surface area (Å²) < 4.78 is 26.8. The van der Waals surface area contributed by atoms with Crippen LogP contribution in [0, 0.1) is 23.7 Å². The summed E-state index contributed by atoms with van der Waals surface area (Å²) in [5.74, 6) is 0.187. The van der Waals surface area contributed by atoms with Crippen LogP contribution in [0.5, 0.6) is 0 Å². The van der Waals surface area contributed by atoms with Crippen molar-refractivity contribution < 1.29 is 22.9 Å². The normalized spacial score (nSPS) is 31.3. The van der Waals surface area contributed by atoms with Crippen LogP contribution >= 0.6 is 0 Å². The molecule has 1 aromatic carbocycles. The predicted molar refractivity (Wildman–Crippen MR) is 116 cm³/mol. The molecule has 3 fully saturated rings. The van der Waals surface area contributed by atoms with Gasteiger partial charge in [-0.2, -0.15) is 4.31 Å². The fraction of sp³-hybridized carbons (Fsp3) is 0.478. The first-order valence-electron chi connectivity index (χ1n) is 11.0. The van der Waals surface area contributed by atoms with Crippen LogP contribution in [-0.4, -0.2) is 68.7 Å². The first-order chi connectivity index (χ1) is 14.9. The summed E-state index contributed by atoms with van der Waals surface area (Å²) in [5.41, 5.74) is 0.851. The molecular weight excluding hydrogens is 414 g/mol. The summed E-state index contributed by atoms with van der Waals surface area (Å²) >= 11 is 0. The molecule has 4 aliphatic rings. The number of hydrogen-bond acceptors (Lipinski definition) is 4. The lowest BCUT2D eigenvalue weighted by molar-refractivity contribution is -0.902. The van der Waals surface area contributed by atoms with Gasteiger partial charge in [0.25, 0.3) is 0 Å². The maximum atomic E-state index is 12.8. The highest BCUT2D eigenvalue weighted by Gasteiger charge is 2.59. The number of piperazine rings is 1. The first kappa shape index (κ1) is 20.6. The molecule has 164 valence electrons. The number of amides is 2. The molecule has 0 aromatic heterocycles. The Morgan fingerprint density at radius 3 is 2.19 bits per heavy atom. The molecular formula is C23H28N3O4S+. The van der Waals surface area contributed by atoms with Gasteiger partial charge in [-0.1, -0.05) is 42.5 Å². The summed E-state index contributed by atoms with van der Waals surface area (Å²) in [6, 6.07) is 9.37. The van der Waals surface area contributed by atoms with E-state index >= 15 is 0 Å². The second-order valence-electron chi connectivity index (χ2n) is 8.99. The van der Waals surface area contributed by atoms with E-state index in [2.05, 4.69) is 12.2 Å². The number of benzene rings is 1. The molecule has 7 nitrogen and oxygen atoms in total. The third kappa shape index (κ3) is 3.77. The van der Waals surface area contributed by atoms with Crippen molar-refractivity contribution in [3.63, 3.8) is 0 Å². The molecule has 1 aromatic rings. The largest absolute Gasteiger partial charge is 0.331 e. The van der Waals surface area contributed by atoms with Crippen LogP contribution in [0.3, 0.4) is 0 Å². The highest BCUT2D eigenvalue weighted by molar-refractivity contribution is 7.92. The molecule has 2 aliphatic carbocycles. The van der Waals surface area contributed by atoms with Crippen molar-refractivity contribution in [2.24, 2.45) is 23.7 Å². The molecule has 2 saturated heterocycles. The number of allylic oxidation sites excluding steroid dienone is 2. The minimum Gasteiger partial charge on any atom is -0.331 e. The fourth-order valence-corrected chi connectivity index (χ4v) is 6.77. The molecule has 0 unspecified atom stereocenters. The predicted octanol–water partition coefficient (Wildman–Crippen LogP) is -0.00530. The Bertz CT molecular complexity index is 998. The number of sulfonamides is 1. The van der Waals surface area contributed by atoms with E-state index in [0.29, 0.717) is 39.3 Å². The number of carbonyl (C=O) groups is 2. The SMILES string of the molecule is O=C1[C@@H]2[C@H](C(=O)N1CC[NH+]1CCN(S(=O)(=O)/C=C/c3ccccc3)CC1)[C@@H]1C=C[C@H]2C1. The Labute approximate surface area is 183 Å². The zero-order valence-corrected chi connectivity index (χ0v) is 18.2. The summed E-state index contributed by atoms with van der Waals surface area (Å²) in [4.78, 5) is 28.3. The number of likely N-dealkylation sites (tertiary alicyclic amines) is 1. The quantitative estimate of drug-likeness (QED) is 0.497. The lowest BCUT2D eigenvalue weighted by Gasteiger charge is -2.31. The maximum absolute atomic E-state index is 12.8. The molecule has 2 bridgehead atoms. The van der Waals surface area contributed by atoms with Gasteiger partial charge in [0, 0.05) is 5.41 Å². The number of quaternary nitrogens is 1. The van der Waals surface area contributed by atoms with Crippen molar-refractivity contribution >= 4 is 27.9 Å². The zero-order chi connectivity index (χ0) is 21.6. The molecule has 1 N–H and O–H groups in total. The molecule has 5 rings (SSSR count). The topological polar surface area (TPSA) is 79.2 Å². The third-order valence-corrected chi connectivity index (χ3v) is 8.84. The second-order valence-corrected chi connectivity index (χ2v) is 10.8. The Balaban J connectivity index is 1.13. The Hall–Kier alpha value is -2.29. The number of carbonyl (C=O) groups excluding carboxylic acids is 2. The van der Waals surface area contributed by atoms with Crippen LogP contribution < -0.4 is 4.90 Å². The molecule has 4 atom stereocenters. The van der Waals surface area contributed by atoms with E-state index in [1.807, 2.05) is 30.3 Å². The van der Waals surface area contributed by atoms with Crippen LogP contribution in [-0.2, 0) is 19.6 Å². The maximum Gasteiger partial charge on any atom is 0.236 e.